The van der Waals surface area contributed by atoms with Crippen LogP contribution in [0.3, 0.4) is 0 Å². The van der Waals surface area contributed by atoms with E-state index in [0.717, 1.165) is 63.3 Å². The minimum absolute atomic E-state index is 0.143. The van der Waals surface area contributed by atoms with Crippen molar-refractivity contribution in [3.8, 4) is 0 Å². The van der Waals surface area contributed by atoms with Gasteiger partial charge < -0.3 is 24.3 Å². The predicted molar refractivity (Wildman–Crippen MR) is 148 cm³/mol. The van der Waals surface area contributed by atoms with Gasteiger partial charge in [0.1, 0.15) is 5.82 Å². The lowest BCUT2D eigenvalue weighted by Crippen LogP contribution is -2.52. The van der Waals surface area contributed by atoms with Crippen LogP contribution in [-0.4, -0.2) is 80.6 Å². The first-order valence-electron chi connectivity index (χ1n) is 13.9. The SMILES string of the molecule is O=C(NCC1CCN(C2COC2)CC1)c1cc(F)cc(Cn2ccc3cc(N4CCOCC4)ccc3c2=O)c1. The molecule has 1 aromatic heterocycles. The summed E-state index contributed by atoms with van der Waals surface area (Å²) in [4.78, 5) is 30.8. The van der Waals surface area contributed by atoms with Gasteiger partial charge in [-0.1, -0.05) is 0 Å². The molecule has 0 saturated carbocycles. The van der Waals surface area contributed by atoms with E-state index in [2.05, 4.69) is 15.1 Å². The fourth-order valence-corrected chi connectivity index (χ4v) is 5.78. The second-order valence-corrected chi connectivity index (χ2v) is 10.8. The number of benzene rings is 2. The maximum atomic E-state index is 14.5. The normalized spacial score (nSPS) is 19.3. The number of morpholine rings is 1. The minimum atomic E-state index is -0.488. The lowest BCUT2D eigenvalue weighted by Gasteiger charge is -2.41. The molecule has 4 heterocycles. The van der Waals surface area contributed by atoms with Crippen LogP contribution in [-0.2, 0) is 16.0 Å². The summed E-state index contributed by atoms with van der Waals surface area (Å²) in [5.41, 5.74) is 1.78. The van der Waals surface area contributed by atoms with Crippen LogP contribution in [0.1, 0.15) is 28.8 Å². The van der Waals surface area contributed by atoms with Gasteiger partial charge in [0.2, 0.25) is 0 Å². The standard InChI is InChI=1S/C30H35FN4O4/c31-25-14-22(13-24(15-25)29(36)32-17-21-3-6-33(7-4-21)27-19-39-20-27)18-35-8-5-23-16-26(1-2-28(23)30(35)37)34-9-11-38-12-10-34/h1-2,5,8,13-16,21,27H,3-4,6-7,9-12,17-20H2,(H,32,36). The van der Waals surface area contributed by atoms with Gasteiger partial charge in [0, 0.05) is 42.5 Å². The molecule has 3 aromatic rings. The van der Waals surface area contributed by atoms with Gasteiger partial charge in [-0.2, -0.15) is 0 Å². The van der Waals surface area contributed by atoms with Crippen LogP contribution in [0.25, 0.3) is 10.8 Å². The molecule has 6 rings (SSSR count). The Kier molecular flexibility index (Phi) is 7.63. The van der Waals surface area contributed by atoms with Crippen LogP contribution >= 0.6 is 0 Å². The zero-order valence-electron chi connectivity index (χ0n) is 22.1. The molecule has 206 valence electrons. The molecule has 0 unspecified atom stereocenters. The van der Waals surface area contributed by atoms with Gasteiger partial charge in [-0.05, 0) is 85.3 Å². The number of rotatable bonds is 7. The van der Waals surface area contributed by atoms with E-state index < -0.39 is 5.82 Å². The van der Waals surface area contributed by atoms with Gasteiger partial charge in [-0.25, -0.2) is 4.39 Å². The molecule has 1 N–H and O–H groups in total. The van der Waals surface area contributed by atoms with Crippen molar-refractivity contribution in [1.82, 2.24) is 14.8 Å². The third-order valence-electron chi connectivity index (χ3n) is 8.25. The molecule has 0 atom stereocenters. The topological polar surface area (TPSA) is 76.0 Å². The van der Waals surface area contributed by atoms with E-state index in [1.807, 2.05) is 24.3 Å². The molecular weight excluding hydrogens is 499 g/mol. The molecule has 0 bridgehead atoms. The third kappa shape index (κ3) is 5.85. The van der Waals surface area contributed by atoms with E-state index in [1.54, 1.807) is 16.8 Å². The Morgan fingerprint density at radius 3 is 2.51 bits per heavy atom. The number of amides is 1. The number of pyridine rings is 1. The lowest BCUT2D eigenvalue weighted by atomic mass is 9.95. The second kappa shape index (κ2) is 11.5. The summed E-state index contributed by atoms with van der Waals surface area (Å²) in [6, 6.07) is 12.6. The summed E-state index contributed by atoms with van der Waals surface area (Å²) in [5, 5.41) is 4.48. The van der Waals surface area contributed by atoms with Crippen molar-refractivity contribution in [3.63, 3.8) is 0 Å². The van der Waals surface area contributed by atoms with Crippen LogP contribution in [0.5, 0.6) is 0 Å². The predicted octanol–water partition coefficient (Wildman–Crippen LogP) is 2.87. The number of nitrogens with zero attached hydrogens (tertiary/aromatic N) is 3. The summed E-state index contributed by atoms with van der Waals surface area (Å²) >= 11 is 0. The zero-order valence-corrected chi connectivity index (χ0v) is 22.1. The van der Waals surface area contributed by atoms with Crippen molar-refractivity contribution in [2.75, 3.05) is 64.1 Å². The Labute approximate surface area is 227 Å². The monoisotopic (exact) mass is 534 g/mol. The molecule has 2 aromatic carbocycles. The van der Waals surface area contributed by atoms with E-state index in [-0.39, 0.29) is 23.6 Å². The molecule has 0 spiro atoms. The van der Waals surface area contributed by atoms with E-state index in [4.69, 9.17) is 9.47 Å². The number of carbonyl (C=O) groups is 1. The fraction of sp³-hybridized carbons (Fsp3) is 0.467. The van der Waals surface area contributed by atoms with Gasteiger partial charge >= 0.3 is 0 Å². The smallest absolute Gasteiger partial charge is 0.258 e. The first-order chi connectivity index (χ1) is 19.0. The molecule has 0 aliphatic carbocycles. The molecule has 9 heteroatoms. The van der Waals surface area contributed by atoms with E-state index in [1.165, 1.54) is 12.1 Å². The van der Waals surface area contributed by atoms with Gasteiger partial charge in [-0.15, -0.1) is 0 Å². The van der Waals surface area contributed by atoms with E-state index in [9.17, 15) is 14.0 Å². The Morgan fingerprint density at radius 1 is 0.974 bits per heavy atom. The van der Waals surface area contributed by atoms with Gasteiger partial charge in [-0.3, -0.25) is 14.5 Å². The van der Waals surface area contributed by atoms with Crippen molar-refractivity contribution in [2.45, 2.75) is 25.4 Å². The Morgan fingerprint density at radius 2 is 1.77 bits per heavy atom. The Balaban J connectivity index is 1.10. The summed E-state index contributed by atoms with van der Waals surface area (Å²) in [5.74, 6) is -0.357. The number of likely N-dealkylation sites (tertiary alicyclic amines) is 1. The highest BCUT2D eigenvalue weighted by Gasteiger charge is 2.29. The van der Waals surface area contributed by atoms with Crippen LogP contribution < -0.4 is 15.8 Å². The zero-order chi connectivity index (χ0) is 26.8. The number of aromatic nitrogens is 1. The van der Waals surface area contributed by atoms with Crippen molar-refractivity contribution < 1.29 is 18.7 Å². The number of fused-ring (bicyclic) bond motifs is 1. The van der Waals surface area contributed by atoms with Gasteiger partial charge in [0.05, 0.1) is 39.0 Å². The Hall–Kier alpha value is -3.27. The first-order valence-corrected chi connectivity index (χ1v) is 13.9. The maximum Gasteiger partial charge on any atom is 0.258 e. The average molecular weight is 535 g/mol. The number of piperidine rings is 1. The Bertz CT molecular complexity index is 1390. The van der Waals surface area contributed by atoms with Gasteiger partial charge in [0.25, 0.3) is 11.5 Å². The molecule has 3 fully saturated rings. The molecule has 3 aliphatic heterocycles. The molecule has 1 amide bonds. The molecule has 3 saturated heterocycles. The van der Waals surface area contributed by atoms with Crippen LogP contribution in [0.4, 0.5) is 10.1 Å². The highest BCUT2D eigenvalue weighted by atomic mass is 19.1. The third-order valence-corrected chi connectivity index (χ3v) is 8.25. The molecule has 39 heavy (non-hydrogen) atoms. The second-order valence-electron chi connectivity index (χ2n) is 10.8. The van der Waals surface area contributed by atoms with Gasteiger partial charge in [0.15, 0.2) is 0 Å². The van der Waals surface area contributed by atoms with Crippen LogP contribution in [0, 0.1) is 11.7 Å². The molecule has 0 radical (unpaired) electrons. The highest BCUT2D eigenvalue weighted by molar-refractivity contribution is 5.94. The van der Waals surface area contributed by atoms with Crippen molar-refractivity contribution in [3.05, 3.63) is 76.0 Å². The quantitative estimate of drug-likeness (QED) is 0.503. The summed E-state index contributed by atoms with van der Waals surface area (Å²) < 4.78 is 26.8. The number of carbonyl (C=O) groups excluding carboxylic acids is 1. The largest absolute Gasteiger partial charge is 0.378 e. The number of hydrogen-bond acceptors (Lipinski definition) is 6. The first kappa shape index (κ1) is 26.0. The number of hydrogen-bond donors (Lipinski definition) is 1. The van der Waals surface area contributed by atoms with E-state index >= 15 is 0 Å². The summed E-state index contributed by atoms with van der Waals surface area (Å²) in [6.07, 6.45) is 3.80. The van der Waals surface area contributed by atoms with E-state index in [0.29, 0.717) is 42.7 Å². The molecular formula is C30H35FN4O4. The highest BCUT2D eigenvalue weighted by Crippen LogP contribution is 2.23. The lowest BCUT2D eigenvalue weighted by molar-refractivity contribution is -0.0735. The molecule has 8 nitrogen and oxygen atoms in total. The number of ether oxygens (including phenoxy) is 2. The fourth-order valence-electron chi connectivity index (χ4n) is 5.78. The minimum Gasteiger partial charge on any atom is -0.378 e. The van der Waals surface area contributed by atoms with Crippen molar-refractivity contribution in [1.29, 1.82) is 0 Å². The van der Waals surface area contributed by atoms with Crippen LogP contribution in [0.2, 0.25) is 0 Å². The maximum absolute atomic E-state index is 14.5. The summed E-state index contributed by atoms with van der Waals surface area (Å²) in [6.45, 7) is 7.50. The number of anilines is 1. The van der Waals surface area contributed by atoms with Crippen LogP contribution in [0.15, 0.2) is 53.5 Å². The number of nitrogens with one attached hydrogen (secondary N) is 1. The average Bonchev–Trinajstić information content (AvgIpc) is 2.93. The summed E-state index contributed by atoms with van der Waals surface area (Å²) in [7, 11) is 0. The van der Waals surface area contributed by atoms with Crippen molar-refractivity contribution in [2.24, 2.45) is 5.92 Å². The van der Waals surface area contributed by atoms with Crippen molar-refractivity contribution >= 4 is 22.4 Å². The number of halogens is 1. The molecule has 3 aliphatic rings.